The van der Waals surface area contributed by atoms with Gasteiger partial charge in [0.1, 0.15) is 5.02 Å². The second kappa shape index (κ2) is 25.3. The van der Waals surface area contributed by atoms with Crippen molar-refractivity contribution in [3.63, 3.8) is 0 Å². The number of hydrogen-bond acceptors (Lipinski definition) is 5. The summed E-state index contributed by atoms with van der Waals surface area (Å²) in [7, 11) is -0.626. The second-order valence-corrected chi connectivity index (χ2v) is 17.0. The molecule has 0 spiro atoms. The van der Waals surface area contributed by atoms with Gasteiger partial charge in [-0.1, -0.05) is 134 Å². The van der Waals surface area contributed by atoms with E-state index >= 15 is 0 Å². The lowest BCUT2D eigenvalue weighted by molar-refractivity contribution is -0.782. The lowest BCUT2D eigenvalue weighted by Gasteiger charge is -2.28. The lowest BCUT2D eigenvalue weighted by atomic mass is 10.1. The molecule has 0 amide bonds. The van der Waals surface area contributed by atoms with Crippen molar-refractivity contribution in [2.24, 2.45) is 0 Å². The summed E-state index contributed by atoms with van der Waals surface area (Å²) in [6, 6.07) is 1.14. The summed E-state index contributed by atoms with van der Waals surface area (Å²) in [4.78, 5) is 9.80. The van der Waals surface area contributed by atoms with Gasteiger partial charge in [-0.3, -0.25) is 14.7 Å². The van der Waals surface area contributed by atoms with E-state index in [-0.39, 0.29) is 33.4 Å². The summed E-state index contributed by atoms with van der Waals surface area (Å²) in [5.41, 5.74) is -0.697. The van der Waals surface area contributed by atoms with E-state index in [2.05, 4.69) is 37.5 Å². The van der Waals surface area contributed by atoms with E-state index in [1.807, 2.05) is 0 Å². The van der Waals surface area contributed by atoms with Crippen molar-refractivity contribution in [1.82, 2.24) is 5.16 Å². The Morgan fingerprint density at radius 3 is 1.56 bits per heavy atom. The molecule has 0 bridgehead atoms. The standard InChI is InChI=1S/C26H56P.C6HCl2N3O4.ClH/c1-5-9-13-14-15-16-17-18-19-20-21-22-26-27(23-10-6-2,24-11-7-3)25-12-8-4;7-2-1-3-6(11(14)15-9-3)4(8)5(2)10(12)13;/h5-26H2,1-4H3;1H;1H/q+1;;/p-1. The van der Waals surface area contributed by atoms with E-state index in [1.165, 1.54) is 109 Å². The zero-order valence-corrected chi connectivity index (χ0v) is 30.4. The number of nitro benzene ring substituents is 1. The van der Waals surface area contributed by atoms with E-state index in [9.17, 15) is 15.3 Å². The minimum atomic E-state index is -0.781. The minimum absolute atomic E-state index is 0. The van der Waals surface area contributed by atoms with Crippen LogP contribution in [0.1, 0.15) is 143 Å². The third kappa shape index (κ3) is 16.3. The smallest absolute Gasteiger partial charge is 0.311 e. The van der Waals surface area contributed by atoms with Gasteiger partial charge in [-0.05, 0) is 37.0 Å². The first kappa shape index (κ1) is 42.1. The molecule has 0 aliphatic carbocycles. The summed E-state index contributed by atoms with van der Waals surface area (Å²) >= 11 is 11.2. The number of nitro groups is 1. The first-order valence-corrected chi connectivity index (χ1v) is 19.9. The van der Waals surface area contributed by atoms with Gasteiger partial charge in [0.2, 0.25) is 0 Å². The quantitative estimate of drug-likeness (QED) is 0.0383. The third-order valence-corrected chi connectivity index (χ3v) is 13.9. The Balaban J connectivity index is 0.000000922. The van der Waals surface area contributed by atoms with Gasteiger partial charge in [-0.15, -0.1) is 0 Å². The molecule has 250 valence electrons. The molecule has 1 heterocycles. The van der Waals surface area contributed by atoms with Crippen LogP contribution in [-0.4, -0.2) is 34.7 Å². The molecule has 43 heavy (non-hydrogen) atoms. The molecule has 0 aliphatic rings. The monoisotopic (exact) mass is 683 g/mol. The van der Waals surface area contributed by atoms with Crippen LogP contribution in [0, 0.1) is 15.3 Å². The Morgan fingerprint density at radius 2 is 1.14 bits per heavy atom. The van der Waals surface area contributed by atoms with Gasteiger partial charge in [0.05, 0.1) is 29.6 Å². The zero-order chi connectivity index (χ0) is 31.2. The molecule has 7 nitrogen and oxygen atoms in total. The highest BCUT2D eigenvalue weighted by molar-refractivity contribution is 7.75. The fourth-order valence-corrected chi connectivity index (χ4v) is 11.4. The van der Waals surface area contributed by atoms with Crippen LogP contribution in [0.5, 0.6) is 0 Å². The molecule has 2 rings (SSSR count). The van der Waals surface area contributed by atoms with E-state index in [0.29, 0.717) is 0 Å². The van der Waals surface area contributed by atoms with Crippen molar-refractivity contribution < 1.29 is 26.9 Å². The van der Waals surface area contributed by atoms with Crippen LogP contribution in [-0.2, 0) is 0 Å². The molecule has 2 aromatic rings. The Kier molecular flexibility index (Phi) is 24.8. The molecule has 11 heteroatoms. The number of hydrogen-bond donors (Lipinski definition) is 0. The molecule has 0 saturated heterocycles. The summed E-state index contributed by atoms with van der Waals surface area (Å²) in [5, 5.41) is 24.3. The van der Waals surface area contributed by atoms with Gasteiger partial charge in [0, 0.05) is 18.5 Å². The highest BCUT2D eigenvalue weighted by Crippen LogP contribution is 2.61. The van der Waals surface area contributed by atoms with Crippen molar-refractivity contribution >= 4 is 47.2 Å². The number of aromatic nitrogens is 2. The van der Waals surface area contributed by atoms with Crippen LogP contribution in [0.15, 0.2) is 10.7 Å². The Labute approximate surface area is 277 Å². The maximum atomic E-state index is 11.0. The number of fused-ring (bicyclic) bond motifs is 1. The maximum Gasteiger partial charge on any atom is 0.311 e. The van der Waals surface area contributed by atoms with E-state index in [0.717, 1.165) is 6.07 Å². The molecule has 0 fully saturated rings. The predicted molar refractivity (Wildman–Crippen MR) is 182 cm³/mol. The van der Waals surface area contributed by atoms with Crippen molar-refractivity contribution in [3.05, 3.63) is 31.4 Å². The molecule has 0 aliphatic heterocycles. The Hall–Kier alpha value is -0.880. The average Bonchev–Trinajstić information content (AvgIpc) is 3.34. The van der Waals surface area contributed by atoms with Crippen molar-refractivity contribution in [2.45, 2.75) is 143 Å². The van der Waals surface area contributed by atoms with Crippen LogP contribution in [0.25, 0.3) is 11.0 Å². The molecule has 1 aromatic heterocycles. The van der Waals surface area contributed by atoms with Crippen molar-refractivity contribution in [1.29, 1.82) is 0 Å². The zero-order valence-electron chi connectivity index (χ0n) is 27.2. The minimum Gasteiger partial charge on any atom is -1.00 e. The maximum absolute atomic E-state index is 11.0. The fraction of sp³-hybridized carbons (Fsp3) is 0.812. The van der Waals surface area contributed by atoms with Crippen LogP contribution in [0.3, 0.4) is 0 Å². The highest BCUT2D eigenvalue weighted by Gasteiger charge is 2.34. The molecule has 0 unspecified atom stereocenters. The number of unbranched alkanes of at least 4 members (excludes halogenated alkanes) is 14. The molecule has 0 atom stereocenters. The van der Waals surface area contributed by atoms with Crippen LogP contribution in [0.2, 0.25) is 10.0 Å². The van der Waals surface area contributed by atoms with Crippen molar-refractivity contribution in [3.8, 4) is 0 Å². The van der Waals surface area contributed by atoms with Gasteiger partial charge < -0.3 is 17.6 Å². The molecule has 0 radical (unpaired) electrons. The Bertz CT molecular complexity index is 988. The van der Waals surface area contributed by atoms with Gasteiger partial charge in [-0.25, -0.2) is 0 Å². The number of nitrogens with zero attached hydrogens (tertiary/aromatic N) is 3. The fourth-order valence-electron chi connectivity index (χ4n) is 5.56. The lowest BCUT2D eigenvalue weighted by Crippen LogP contribution is -3.00. The van der Waals surface area contributed by atoms with Gasteiger partial charge in [0.15, 0.2) is 5.02 Å². The Morgan fingerprint density at radius 1 is 0.744 bits per heavy atom. The first-order chi connectivity index (χ1) is 20.3. The number of benzene rings is 1. The first-order valence-electron chi connectivity index (χ1n) is 16.6. The summed E-state index contributed by atoms with van der Waals surface area (Å²) in [6.45, 7) is 9.47. The topological polar surface area (TPSA) is 96.1 Å². The van der Waals surface area contributed by atoms with Crippen molar-refractivity contribution in [2.75, 3.05) is 24.6 Å². The van der Waals surface area contributed by atoms with Crippen LogP contribution >= 0.6 is 30.5 Å². The molecule has 1 aromatic carbocycles. The summed E-state index contributed by atoms with van der Waals surface area (Å²) < 4.78 is 4.23. The van der Waals surface area contributed by atoms with E-state index in [1.54, 1.807) is 31.1 Å². The number of halogens is 3. The molecule has 0 saturated carbocycles. The number of rotatable bonds is 23. The van der Waals surface area contributed by atoms with Gasteiger partial charge in [-0.2, -0.15) is 0 Å². The summed E-state index contributed by atoms with van der Waals surface area (Å²) in [5.74, 6) is 0. The van der Waals surface area contributed by atoms with E-state index in [4.69, 9.17) is 23.2 Å². The molecule has 0 N–H and O–H groups in total. The van der Waals surface area contributed by atoms with Crippen LogP contribution in [0.4, 0.5) is 5.69 Å². The average molecular weight is 685 g/mol. The van der Waals surface area contributed by atoms with Gasteiger partial charge in [0.25, 0.3) is 11.0 Å². The molecular weight excluding hydrogens is 628 g/mol. The largest absolute Gasteiger partial charge is 1.00 e. The normalized spacial score (nSPS) is 11.3. The third-order valence-electron chi connectivity index (χ3n) is 8.17. The molecular formula is C32H57Cl3N3O4P. The SMILES string of the molecule is CCCCCCCCCCCCCC[P+](CCCC)(CCCC)CCCC.O=[N+]([O-])c1c(Cl)cc2no[n+]([O-])c2c1Cl.[Cl-]. The summed E-state index contributed by atoms with van der Waals surface area (Å²) in [6.07, 6.45) is 33.0. The van der Waals surface area contributed by atoms with Crippen LogP contribution < -0.4 is 17.3 Å². The predicted octanol–water partition coefficient (Wildman–Crippen LogP) is 8.79. The highest BCUT2D eigenvalue weighted by atomic mass is 35.5. The second-order valence-electron chi connectivity index (χ2n) is 11.8. The van der Waals surface area contributed by atoms with E-state index < -0.39 is 22.9 Å². The van der Waals surface area contributed by atoms with Gasteiger partial charge >= 0.3 is 5.69 Å².